The SMILES string of the molecule is NC12CCC1CN(c1c(F)cc3c(=O)c(C(=O)O)cn(C4CC4)c3c1Cl)C2. The minimum absolute atomic E-state index is 0.0117. The number of carbonyl (C=O) groups is 1. The van der Waals surface area contributed by atoms with Gasteiger partial charge in [0, 0.05) is 30.9 Å². The van der Waals surface area contributed by atoms with Crippen molar-refractivity contribution in [2.75, 3.05) is 18.0 Å². The van der Waals surface area contributed by atoms with Crippen LogP contribution in [0.1, 0.15) is 42.1 Å². The first-order valence-corrected chi connectivity index (χ1v) is 9.52. The Balaban J connectivity index is 1.75. The molecule has 2 atom stereocenters. The third kappa shape index (κ3) is 2.34. The van der Waals surface area contributed by atoms with Gasteiger partial charge in [-0.15, -0.1) is 0 Å². The highest BCUT2D eigenvalue weighted by Crippen LogP contribution is 2.47. The second-order valence-corrected chi connectivity index (χ2v) is 8.46. The molecule has 1 saturated heterocycles. The Morgan fingerprint density at radius 1 is 1.37 bits per heavy atom. The third-order valence-corrected chi connectivity index (χ3v) is 6.73. The maximum Gasteiger partial charge on any atom is 0.341 e. The van der Waals surface area contributed by atoms with Crippen molar-refractivity contribution in [3.05, 3.63) is 38.9 Å². The molecule has 1 aromatic carbocycles. The molecule has 2 saturated carbocycles. The van der Waals surface area contributed by atoms with E-state index in [2.05, 4.69) is 0 Å². The minimum Gasteiger partial charge on any atom is -0.477 e. The van der Waals surface area contributed by atoms with Gasteiger partial charge in [-0.25, -0.2) is 9.18 Å². The summed E-state index contributed by atoms with van der Waals surface area (Å²) >= 11 is 6.64. The van der Waals surface area contributed by atoms with Crippen LogP contribution in [-0.4, -0.2) is 34.3 Å². The van der Waals surface area contributed by atoms with Crippen molar-refractivity contribution in [2.24, 2.45) is 11.7 Å². The van der Waals surface area contributed by atoms with E-state index in [-0.39, 0.29) is 33.2 Å². The van der Waals surface area contributed by atoms with Crippen molar-refractivity contribution < 1.29 is 14.3 Å². The Morgan fingerprint density at radius 2 is 2.11 bits per heavy atom. The normalized spacial score (nSPS) is 26.9. The van der Waals surface area contributed by atoms with Gasteiger partial charge in [-0.2, -0.15) is 0 Å². The molecule has 2 unspecified atom stereocenters. The van der Waals surface area contributed by atoms with E-state index in [0.717, 1.165) is 31.7 Å². The summed E-state index contributed by atoms with van der Waals surface area (Å²) in [5.74, 6) is -1.61. The number of pyridine rings is 1. The fourth-order valence-corrected chi connectivity index (χ4v) is 4.98. The van der Waals surface area contributed by atoms with Gasteiger partial charge in [-0.05, 0) is 37.7 Å². The number of aromatic nitrogens is 1. The number of carboxylic acid groups (broad SMARTS) is 1. The number of fused-ring (bicyclic) bond motifs is 2. The van der Waals surface area contributed by atoms with E-state index < -0.39 is 17.2 Å². The van der Waals surface area contributed by atoms with Crippen LogP contribution in [0.3, 0.4) is 0 Å². The van der Waals surface area contributed by atoms with Crippen LogP contribution in [0.25, 0.3) is 10.9 Å². The number of hydrogen-bond acceptors (Lipinski definition) is 4. The van der Waals surface area contributed by atoms with Gasteiger partial charge in [0.2, 0.25) is 5.43 Å². The van der Waals surface area contributed by atoms with Crippen LogP contribution in [0.15, 0.2) is 17.1 Å². The number of carboxylic acids is 1. The predicted octanol–water partition coefficient (Wildman–Crippen LogP) is 2.75. The fourth-order valence-electron chi connectivity index (χ4n) is 4.57. The summed E-state index contributed by atoms with van der Waals surface area (Å²) in [6.07, 6.45) is 5.02. The largest absolute Gasteiger partial charge is 0.477 e. The monoisotopic (exact) mass is 391 g/mol. The second kappa shape index (κ2) is 5.45. The number of nitrogens with zero attached hydrogens (tertiary/aromatic N) is 2. The summed E-state index contributed by atoms with van der Waals surface area (Å²) in [5, 5.41) is 9.52. The van der Waals surface area contributed by atoms with Crippen LogP contribution in [0, 0.1) is 11.7 Å². The minimum atomic E-state index is -1.32. The Hall–Kier alpha value is -2.12. The van der Waals surface area contributed by atoms with Crippen molar-refractivity contribution in [1.82, 2.24) is 4.57 Å². The standard InChI is InChI=1S/C19H19ClFN3O3/c20-14-15-11(17(25)12(18(26)27)7-24(15)10-1-2-10)5-13(21)16(14)23-6-9-3-4-19(9,22)8-23/h5,7,9-10H,1-4,6,8,22H2,(H,26,27). The van der Waals surface area contributed by atoms with E-state index >= 15 is 4.39 Å². The van der Waals surface area contributed by atoms with Gasteiger partial charge >= 0.3 is 5.97 Å². The van der Waals surface area contributed by atoms with Crippen LogP contribution in [0.5, 0.6) is 0 Å². The van der Waals surface area contributed by atoms with Crippen molar-refractivity contribution in [2.45, 2.75) is 37.3 Å². The molecule has 2 aromatic rings. The Morgan fingerprint density at radius 3 is 2.63 bits per heavy atom. The van der Waals surface area contributed by atoms with Crippen LogP contribution in [0.4, 0.5) is 10.1 Å². The van der Waals surface area contributed by atoms with Gasteiger partial charge in [0.15, 0.2) is 0 Å². The lowest BCUT2D eigenvalue weighted by molar-refractivity contribution is 0.0695. The van der Waals surface area contributed by atoms with Gasteiger partial charge in [0.25, 0.3) is 0 Å². The quantitative estimate of drug-likeness (QED) is 0.839. The maximum absolute atomic E-state index is 15.0. The molecule has 8 heteroatoms. The molecule has 0 radical (unpaired) electrons. The number of nitrogens with two attached hydrogens (primary N) is 1. The Labute approximate surface area is 159 Å². The lowest BCUT2D eigenvalue weighted by Gasteiger charge is -2.40. The average molecular weight is 392 g/mol. The van der Waals surface area contributed by atoms with E-state index in [1.807, 2.05) is 4.90 Å². The lowest BCUT2D eigenvalue weighted by atomic mass is 9.70. The summed E-state index contributed by atoms with van der Waals surface area (Å²) in [5.41, 5.74) is 5.69. The molecule has 2 aliphatic carbocycles. The molecule has 1 aromatic heterocycles. The van der Waals surface area contributed by atoms with E-state index in [0.29, 0.717) is 24.5 Å². The third-order valence-electron chi connectivity index (χ3n) is 6.37. The maximum atomic E-state index is 15.0. The molecule has 3 N–H and O–H groups in total. The zero-order valence-electron chi connectivity index (χ0n) is 14.5. The van der Waals surface area contributed by atoms with E-state index in [9.17, 15) is 14.7 Å². The summed E-state index contributed by atoms with van der Waals surface area (Å²) in [6.45, 7) is 1.17. The highest BCUT2D eigenvalue weighted by atomic mass is 35.5. The van der Waals surface area contributed by atoms with E-state index in [1.54, 1.807) is 4.57 Å². The van der Waals surface area contributed by atoms with Gasteiger partial charge in [-0.3, -0.25) is 4.79 Å². The molecule has 2 heterocycles. The average Bonchev–Trinajstić information content (AvgIpc) is 3.40. The first-order chi connectivity index (χ1) is 12.8. The molecule has 0 bridgehead atoms. The van der Waals surface area contributed by atoms with Crippen LogP contribution < -0.4 is 16.1 Å². The summed E-state index contributed by atoms with van der Waals surface area (Å²) in [7, 11) is 0. The molecule has 3 fully saturated rings. The van der Waals surface area contributed by atoms with Crippen LogP contribution in [-0.2, 0) is 0 Å². The second-order valence-electron chi connectivity index (χ2n) is 8.08. The lowest BCUT2D eigenvalue weighted by Crippen LogP contribution is -2.54. The number of aromatic carboxylic acids is 1. The molecule has 6 nitrogen and oxygen atoms in total. The number of rotatable bonds is 3. The summed E-state index contributed by atoms with van der Waals surface area (Å²) in [4.78, 5) is 25.9. The first kappa shape index (κ1) is 17.0. The molecule has 142 valence electrons. The predicted molar refractivity (Wildman–Crippen MR) is 100 cm³/mol. The first-order valence-electron chi connectivity index (χ1n) is 9.14. The van der Waals surface area contributed by atoms with Gasteiger partial charge < -0.3 is 20.3 Å². The van der Waals surface area contributed by atoms with Gasteiger partial charge in [0.1, 0.15) is 11.4 Å². The molecule has 5 rings (SSSR count). The smallest absolute Gasteiger partial charge is 0.341 e. The fraction of sp³-hybridized carbons (Fsp3) is 0.474. The Bertz CT molecular complexity index is 1060. The molecule has 0 spiro atoms. The van der Waals surface area contributed by atoms with Crippen molar-refractivity contribution in [3.63, 3.8) is 0 Å². The van der Waals surface area contributed by atoms with Gasteiger partial charge in [0.05, 0.1) is 21.6 Å². The molecule has 1 aliphatic heterocycles. The topological polar surface area (TPSA) is 88.6 Å². The highest BCUT2D eigenvalue weighted by molar-refractivity contribution is 6.38. The zero-order valence-corrected chi connectivity index (χ0v) is 15.3. The van der Waals surface area contributed by atoms with E-state index in [1.165, 1.54) is 6.20 Å². The van der Waals surface area contributed by atoms with Crippen LogP contribution >= 0.6 is 11.6 Å². The molecule has 3 aliphatic rings. The number of benzene rings is 1. The Kier molecular flexibility index (Phi) is 3.44. The molecule has 0 amide bonds. The van der Waals surface area contributed by atoms with Gasteiger partial charge in [-0.1, -0.05) is 11.6 Å². The number of anilines is 1. The number of halogens is 2. The number of hydrogen-bond donors (Lipinski definition) is 2. The van der Waals surface area contributed by atoms with E-state index in [4.69, 9.17) is 17.3 Å². The summed E-state index contributed by atoms with van der Waals surface area (Å²) in [6, 6.07) is 1.21. The van der Waals surface area contributed by atoms with Crippen LogP contribution in [0.2, 0.25) is 5.02 Å². The van der Waals surface area contributed by atoms with Crippen molar-refractivity contribution >= 4 is 34.2 Å². The van der Waals surface area contributed by atoms with Crippen molar-refractivity contribution in [3.8, 4) is 0 Å². The van der Waals surface area contributed by atoms with Crippen molar-refractivity contribution in [1.29, 1.82) is 0 Å². The molecular formula is C19H19ClFN3O3. The highest BCUT2D eigenvalue weighted by Gasteiger charge is 2.51. The molecular weight excluding hydrogens is 373 g/mol. The summed E-state index contributed by atoms with van der Waals surface area (Å²) < 4.78 is 16.8. The zero-order chi connectivity index (χ0) is 19.1. The molecule has 27 heavy (non-hydrogen) atoms.